The molecule has 0 spiro atoms. The fraction of sp³-hybridized carbons (Fsp3) is 0.533. The Morgan fingerprint density at radius 1 is 1.29 bits per heavy atom. The van der Waals surface area contributed by atoms with E-state index in [1.165, 1.54) is 17.5 Å². The number of rotatable bonds is 7. The fourth-order valence-corrected chi connectivity index (χ4v) is 4.14. The molecule has 1 fully saturated rings. The van der Waals surface area contributed by atoms with E-state index in [0.717, 1.165) is 12.8 Å². The molecule has 9 heteroatoms. The predicted octanol–water partition coefficient (Wildman–Crippen LogP) is 1.45. The van der Waals surface area contributed by atoms with E-state index >= 15 is 0 Å². The minimum absolute atomic E-state index is 0. The molecule has 1 aromatic carbocycles. The summed E-state index contributed by atoms with van der Waals surface area (Å²) in [5.41, 5.74) is 0.517. The number of anilines is 1. The second kappa shape index (κ2) is 9.22. The summed E-state index contributed by atoms with van der Waals surface area (Å²) in [6.45, 7) is 1.65. The monoisotopic (exact) mass is 377 g/mol. The van der Waals surface area contributed by atoms with Gasteiger partial charge in [-0.05, 0) is 32.0 Å². The fourth-order valence-electron chi connectivity index (χ4n) is 2.49. The molecular weight excluding hydrogens is 354 g/mol. The number of nitrogens with zero attached hydrogens (tertiary/aromatic N) is 1. The number of hydrogen-bond donors (Lipinski definition) is 2. The van der Waals surface area contributed by atoms with Crippen LogP contribution in [0.1, 0.15) is 19.3 Å². The molecule has 1 saturated heterocycles. The Balaban J connectivity index is 0.00000288. The van der Waals surface area contributed by atoms with Crippen molar-refractivity contribution in [3.05, 3.63) is 18.2 Å². The van der Waals surface area contributed by atoms with E-state index in [2.05, 4.69) is 10.6 Å². The van der Waals surface area contributed by atoms with Crippen molar-refractivity contribution in [2.24, 2.45) is 0 Å². The molecule has 0 aromatic heterocycles. The van der Waals surface area contributed by atoms with Gasteiger partial charge in [-0.1, -0.05) is 0 Å². The molecule has 1 aliphatic heterocycles. The summed E-state index contributed by atoms with van der Waals surface area (Å²) in [5.74, 6) is 0.0971. The largest absolute Gasteiger partial charge is 0.495 e. The van der Waals surface area contributed by atoms with Crippen LogP contribution >= 0.6 is 12.4 Å². The number of halogens is 1. The first-order valence-electron chi connectivity index (χ1n) is 7.61. The van der Waals surface area contributed by atoms with Crippen LogP contribution in [-0.2, 0) is 14.8 Å². The summed E-state index contributed by atoms with van der Waals surface area (Å²) in [6, 6.07) is 4.61. The SMILES string of the molecule is CNCCC(=O)Nc1ccc(S(=O)(=O)N2CCCC2)c(OC)c1.Cl. The molecule has 1 aromatic rings. The highest BCUT2D eigenvalue weighted by molar-refractivity contribution is 7.89. The lowest BCUT2D eigenvalue weighted by atomic mass is 10.3. The van der Waals surface area contributed by atoms with Gasteiger partial charge in [-0.15, -0.1) is 12.4 Å². The highest BCUT2D eigenvalue weighted by Gasteiger charge is 2.30. The van der Waals surface area contributed by atoms with Gasteiger partial charge in [-0.3, -0.25) is 4.79 Å². The first-order valence-corrected chi connectivity index (χ1v) is 9.05. The van der Waals surface area contributed by atoms with E-state index in [0.29, 0.717) is 31.7 Å². The van der Waals surface area contributed by atoms with Crippen LogP contribution in [0.15, 0.2) is 23.1 Å². The number of hydrogen-bond acceptors (Lipinski definition) is 5. The summed E-state index contributed by atoms with van der Waals surface area (Å²) in [5, 5.41) is 5.63. The molecule has 2 rings (SSSR count). The van der Waals surface area contributed by atoms with Gasteiger partial charge in [0.1, 0.15) is 10.6 Å². The van der Waals surface area contributed by atoms with Crippen LogP contribution in [0.5, 0.6) is 5.75 Å². The van der Waals surface area contributed by atoms with E-state index in [1.54, 1.807) is 19.2 Å². The summed E-state index contributed by atoms with van der Waals surface area (Å²) in [4.78, 5) is 11.9. The van der Waals surface area contributed by atoms with Crippen LogP contribution in [0.2, 0.25) is 0 Å². The lowest BCUT2D eigenvalue weighted by Crippen LogP contribution is -2.28. The van der Waals surface area contributed by atoms with Gasteiger partial charge >= 0.3 is 0 Å². The second-order valence-corrected chi connectivity index (χ2v) is 7.28. The molecule has 1 amide bonds. The average Bonchev–Trinajstić information content (AvgIpc) is 3.07. The maximum Gasteiger partial charge on any atom is 0.246 e. The highest BCUT2D eigenvalue weighted by Crippen LogP contribution is 2.31. The van der Waals surface area contributed by atoms with E-state index in [1.807, 2.05) is 0 Å². The van der Waals surface area contributed by atoms with Gasteiger partial charge in [0.15, 0.2) is 0 Å². The smallest absolute Gasteiger partial charge is 0.246 e. The van der Waals surface area contributed by atoms with E-state index in [9.17, 15) is 13.2 Å². The Morgan fingerprint density at radius 3 is 2.54 bits per heavy atom. The second-order valence-electron chi connectivity index (χ2n) is 5.38. The van der Waals surface area contributed by atoms with Crippen LogP contribution < -0.4 is 15.4 Å². The quantitative estimate of drug-likeness (QED) is 0.750. The zero-order valence-corrected chi connectivity index (χ0v) is 15.5. The number of methoxy groups -OCH3 is 1. The zero-order valence-electron chi connectivity index (χ0n) is 13.9. The first kappa shape index (κ1) is 20.7. The molecule has 2 N–H and O–H groups in total. The summed E-state index contributed by atoms with van der Waals surface area (Å²) in [7, 11) is -0.362. The molecule has 0 unspecified atom stereocenters. The van der Waals surface area contributed by atoms with Crippen molar-refractivity contribution in [1.29, 1.82) is 0 Å². The molecule has 7 nitrogen and oxygen atoms in total. The molecule has 1 heterocycles. The molecule has 0 aliphatic carbocycles. The molecule has 0 saturated carbocycles. The molecule has 136 valence electrons. The molecular formula is C15H24ClN3O4S. The maximum absolute atomic E-state index is 12.6. The third-order valence-electron chi connectivity index (χ3n) is 3.73. The number of carbonyl (C=O) groups is 1. The lowest BCUT2D eigenvalue weighted by molar-refractivity contribution is -0.116. The van der Waals surface area contributed by atoms with Crippen LogP contribution in [0.3, 0.4) is 0 Å². The number of benzene rings is 1. The van der Waals surface area contributed by atoms with Crippen molar-refractivity contribution >= 4 is 34.0 Å². The van der Waals surface area contributed by atoms with Crippen molar-refractivity contribution in [3.63, 3.8) is 0 Å². The number of sulfonamides is 1. The number of ether oxygens (including phenoxy) is 1. The Labute approximate surface area is 149 Å². The van der Waals surface area contributed by atoms with Gasteiger partial charge in [0.05, 0.1) is 7.11 Å². The van der Waals surface area contributed by atoms with Crippen molar-refractivity contribution in [2.45, 2.75) is 24.2 Å². The molecule has 0 radical (unpaired) electrons. The van der Waals surface area contributed by atoms with Gasteiger partial charge in [-0.2, -0.15) is 4.31 Å². The van der Waals surface area contributed by atoms with E-state index < -0.39 is 10.0 Å². The molecule has 24 heavy (non-hydrogen) atoms. The van der Waals surface area contributed by atoms with Crippen LogP contribution in [-0.4, -0.2) is 52.4 Å². The van der Waals surface area contributed by atoms with E-state index in [4.69, 9.17) is 4.74 Å². The third kappa shape index (κ3) is 4.83. The Bertz CT molecular complexity index is 661. The summed E-state index contributed by atoms with van der Waals surface area (Å²) < 4.78 is 32.0. The van der Waals surface area contributed by atoms with Crippen molar-refractivity contribution in [1.82, 2.24) is 9.62 Å². The number of amides is 1. The van der Waals surface area contributed by atoms with Gasteiger partial charge in [-0.25, -0.2) is 8.42 Å². The third-order valence-corrected chi connectivity index (χ3v) is 5.67. The Hall–Kier alpha value is -1.35. The minimum Gasteiger partial charge on any atom is -0.495 e. The van der Waals surface area contributed by atoms with Crippen LogP contribution in [0.4, 0.5) is 5.69 Å². The summed E-state index contributed by atoms with van der Waals surface area (Å²) in [6.07, 6.45) is 2.09. The van der Waals surface area contributed by atoms with Gasteiger partial charge < -0.3 is 15.4 Å². The molecule has 1 aliphatic rings. The zero-order chi connectivity index (χ0) is 16.9. The lowest BCUT2D eigenvalue weighted by Gasteiger charge is -2.18. The summed E-state index contributed by atoms with van der Waals surface area (Å²) >= 11 is 0. The molecule has 0 atom stereocenters. The van der Waals surface area contributed by atoms with Crippen LogP contribution in [0.25, 0.3) is 0 Å². The van der Waals surface area contributed by atoms with Gasteiger partial charge in [0.25, 0.3) is 0 Å². The standard InChI is InChI=1S/C15H23N3O4S.ClH/c1-16-8-7-15(19)17-12-5-6-14(13(11-12)22-2)23(20,21)18-9-3-4-10-18;/h5-6,11,16H,3-4,7-10H2,1-2H3,(H,17,19);1H. The van der Waals surface area contributed by atoms with Crippen LogP contribution in [0, 0.1) is 0 Å². The van der Waals surface area contributed by atoms with Crippen molar-refractivity contribution in [2.75, 3.05) is 39.1 Å². The topological polar surface area (TPSA) is 87.7 Å². The Kier molecular flexibility index (Phi) is 7.95. The highest BCUT2D eigenvalue weighted by atomic mass is 35.5. The maximum atomic E-state index is 12.6. The normalized spacial score (nSPS) is 14.9. The average molecular weight is 378 g/mol. The number of carbonyl (C=O) groups excluding carboxylic acids is 1. The molecule has 0 bridgehead atoms. The predicted molar refractivity (Wildman–Crippen MR) is 95.4 cm³/mol. The van der Waals surface area contributed by atoms with Crippen molar-refractivity contribution < 1.29 is 17.9 Å². The first-order chi connectivity index (χ1) is 11.0. The van der Waals surface area contributed by atoms with Gasteiger partial charge in [0, 0.05) is 37.8 Å². The Morgan fingerprint density at radius 2 is 1.96 bits per heavy atom. The van der Waals surface area contributed by atoms with Crippen molar-refractivity contribution in [3.8, 4) is 5.75 Å². The van der Waals surface area contributed by atoms with Gasteiger partial charge in [0.2, 0.25) is 15.9 Å². The van der Waals surface area contributed by atoms with E-state index in [-0.39, 0.29) is 29.0 Å². The minimum atomic E-state index is -3.56. The number of nitrogens with one attached hydrogen (secondary N) is 2.